The zero-order valence-electron chi connectivity index (χ0n) is 12.1. The molecule has 2 atom stereocenters. The first-order valence-corrected chi connectivity index (χ1v) is 7.77. The van der Waals surface area contributed by atoms with E-state index in [0.29, 0.717) is 6.54 Å². The van der Waals surface area contributed by atoms with Crippen LogP contribution in [0.4, 0.5) is 0 Å². The molecule has 2 nitrogen and oxygen atoms in total. The van der Waals surface area contributed by atoms with Gasteiger partial charge in [-0.25, -0.2) is 0 Å². The molecule has 1 aliphatic carbocycles. The molecule has 2 aromatic rings. The van der Waals surface area contributed by atoms with E-state index in [4.69, 9.17) is 11.6 Å². The SMILES string of the molecule is CNCC(O)C1c2ccccc2CCc2cc(Cl)ccc21. The quantitative estimate of drug-likeness (QED) is 0.913. The normalized spacial score (nSPS) is 18.5. The maximum Gasteiger partial charge on any atom is 0.0773 e. The van der Waals surface area contributed by atoms with Gasteiger partial charge in [-0.3, -0.25) is 0 Å². The van der Waals surface area contributed by atoms with Crippen molar-refractivity contribution in [2.45, 2.75) is 24.9 Å². The Kier molecular flexibility index (Phi) is 4.29. The lowest BCUT2D eigenvalue weighted by molar-refractivity contribution is 0.156. The molecule has 0 heterocycles. The molecular formula is C18H20ClNO. The fourth-order valence-corrected chi connectivity index (χ4v) is 3.53. The Labute approximate surface area is 130 Å². The number of halogens is 1. The number of likely N-dealkylation sites (N-methyl/N-ethyl adjacent to an activating group) is 1. The largest absolute Gasteiger partial charge is 0.391 e. The molecule has 2 N–H and O–H groups in total. The van der Waals surface area contributed by atoms with Gasteiger partial charge in [0.15, 0.2) is 0 Å². The summed E-state index contributed by atoms with van der Waals surface area (Å²) < 4.78 is 0. The monoisotopic (exact) mass is 301 g/mol. The van der Waals surface area contributed by atoms with Gasteiger partial charge in [0.1, 0.15) is 0 Å². The van der Waals surface area contributed by atoms with Gasteiger partial charge < -0.3 is 10.4 Å². The first-order chi connectivity index (χ1) is 10.2. The topological polar surface area (TPSA) is 32.3 Å². The van der Waals surface area contributed by atoms with Crippen molar-refractivity contribution in [2.24, 2.45) is 0 Å². The highest BCUT2D eigenvalue weighted by molar-refractivity contribution is 6.30. The van der Waals surface area contributed by atoms with E-state index >= 15 is 0 Å². The number of hydrogen-bond acceptors (Lipinski definition) is 2. The molecular weight excluding hydrogens is 282 g/mol. The van der Waals surface area contributed by atoms with Crippen LogP contribution < -0.4 is 5.32 Å². The van der Waals surface area contributed by atoms with Crippen molar-refractivity contribution in [3.63, 3.8) is 0 Å². The van der Waals surface area contributed by atoms with Crippen molar-refractivity contribution >= 4 is 11.6 Å². The van der Waals surface area contributed by atoms with Crippen LogP contribution in [0.2, 0.25) is 5.02 Å². The number of aliphatic hydroxyl groups is 1. The molecule has 0 spiro atoms. The van der Waals surface area contributed by atoms with Crippen molar-refractivity contribution in [2.75, 3.05) is 13.6 Å². The Balaban J connectivity index is 2.15. The molecule has 0 aromatic heterocycles. The van der Waals surface area contributed by atoms with Gasteiger partial charge in [-0.05, 0) is 54.3 Å². The number of fused-ring (bicyclic) bond motifs is 2. The van der Waals surface area contributed by atoms with Crippen molar-refractivity contribution in [1.29, 1.82) is 0 Å². The number of nitrogens with one attached hydrogen (secondary N) is 1. The lowest BCUT2D eigenvalue weighted by Gasteiger charge is -2.25. The van der Waals surface area contributed by atoms with Gasteiger partial charge in [0.2, 0.25) is 0 Å². The Morgan fingerprint density at radius 1 is 1.14 bits per heavy atom. The zero-order chi connectivity index (χ0) is 14.8. The summed E-state index contributed by atoms with van der Waals surface area (Å²) in [5.74, 6) is 0.00316. The second-order valence-electron chi connectivity index (χ2n) is 5.64. The molecule has 0 saturated heterocycles. The molecule has 1 aliphatic rings. The van der Waals surface area contributed by atoms with Gasteiger partial charge in [0, 0.05) is 17.5 Å². The lowest BCUT2D eigenvalue weighted by Crippen LogP contribution is -2.30. The minimum absolute atomic E-state index is 0.00316. The smallest absolute Gasteiger partial charge is 0.0773 e. The Hall–Kier alpha value is -1.35. The van der Waals surface area contributed by atoms with E-state index < -0.39 is 6.10 Å². The van der Waals surface area contributed by atoms with Crippen LogP contribution in [-0.4, -0.2) is 24.8 Å². The minimum Gasteiger partial charge on any atom is -0.391 e. The van der Waals surface area contributed by atoms with Gasteiger partial charge in [-0.1, -0.05) is 41.9 Å². The molecule has 2 aromatic carbocycles. The second-order valence-corrected chi connectivity index (χ2v) is 6.08. The molecule has 0 aliphatic heterocycles. The summed E-state index contributed by atoms with van der Waals surface area (Å²) >= 11 is 6.15. The van der Waals surface area contributed by atoms with Gasteiger partial charge in [0.05, 0.1) is 6.10 Å². The molecule has 2 unspecified atom stereocenters. The highest BCUT2D eigenvalue weighted by Crippen LogP contribution is 2.37. The fraction of sp³-hybridized carbons (Fsp3) is 0.333. The maximum absolute atomic E-state index is 10.7. The summed E-state index contributed by atoms with van der Waals surface area (Å²) in [5.41, 5.74) is 5.01. The summed E-state index contributed by atoms with van der Waals surface area (Å²) in [6.07, 6.45) is 1.51. The summed E-state index contributed by atoms with van der Waals surface area (Å²) in [6, 6.07) is 14.5. The molecule has 0 amide bonds. The predicted molar refractivity (Wildman–Crippen MR) is 87.1 cm³/mol. The third-order valence-electron chi connectivity index (χ3n) is 4.29. The highest BCUT2D eigenvalue weighted by atomic mass is 35.5. The van der Waals surface area contributed by atoms with Gasteiger partial charge in [-0.2, -0.15) is 0 Å². The molecule has 0 fully saturated rings. The third-order valence-corrected chi connectivity index (χ3v) is 4.53. The average Bonchev–Trinajstić information content (AvgIpc) is 2.64. The van der Waals surface area contributed by atoms with Crippen molar-refractivity contribution in [3.8, 4) is 0 Å². The molecule has 0 bridgehead atoms. The minimum atomic E-state index is -0.450. The maximum atomic E-state index is 10.7. The van der Waals surface area contributed by atoms with Crippen LogP contribution >= 0.6 is 11.6 Å². The number of rotatable bonds is 3. The molecule has 0 saturated carbocycles. The highest BCUT2D eigenvalue weighted by Gasteiger charge is 2.28. The van der Waals surface area contributed by atoms with E-state index in [1.165, 1.54) is 22.3 Å². The summed E-state index contributed by atoms with van der Waals surface area (Å²) in [5, 5.41) is 14.5. The molecule has 21 heavy (non-hydrogen) atoms. The van der Waals surface area contributed by atoms with Crippen LogP contribution in [0, 0.1) is 0 Å². The van der Waals surface area contributed by atoms with Crippen molar-refractivity contribution in [3.05, 3.63) is 69.7 Å². The summed E-state index contributed by atoms with van der Waals surface area (Å²) in [7, 11) is 1.87. The van der Waals surface area contributed by atoms with Crippen LogP contribution in [0.1, 0.15) is 28.2 Å². The van der Waals surface area contributed by atoms with E-state index in [2.05, 4.69) is 35.6 Å². The third kappa shape index (κ3) is 2.84. The van der Waals surface area contributed by atoms with E-state index in [9.17, 15) is 5.11 Å². The standard InChI is InChI=1S/C18H20ClNO/c1-20-11-17(21)18-15-5-3-2-4-12(15)6-7-13-10-14(19)8-9-16(13)18/h2-5,8-10,17-18,20-21H,6-7,11H2,1H3. The van der Waals surface area contributed by atoms with Crippen LogP contribution in [-0.2, 0) is 12.8 Å². The Bertz CT molecular complexity index is 641. The van der Waals surface area contributed by atoms with Gasteiger partial charge in [-0.15, -0.1) is 0 Å². The predicted octanol–water partition coefficient (Wildman–Crippen LogP) is 3.15. The molecule has 3 rings (SSSR count). The second kappa shape index (κ2) is 6.18. The number of benzene rings is 2. The van der Waals surface area contributed by atoms with Gasteiger partial charge in [0.25, 0.3) is 0 Å². The number of aliphatic hydroxyl groups excluding tert-OH is 1. The Morgan fingerprint density at radius 2 is 1.86 bits per heavy atom. The fourth-order valence-electron chi connectivity index (χ4n) is 3.34. The van der Waals surface area contributed by atoms with E-state index in [-0.39, 0.29) is 5.92 Å². The van der Waals surface area contributed by atoms with E-state index in [0.717, 1.165) is 17.9 Å². The van der Waals surface area contributed by atoms with Crippen LogP contribution in [0.15, 0.2) is 42.5 Å². The van der Waals surface area contributed by atoms with Gasteiger partial charge >= 0.3 is 0 Å². The first kappa shape index (κ1) is 14.6. The first-order valence-electron chi connectivity index (χ1n) is 7.39. The van der Waals surface area contributed by atoms with Crippen molar-refractivity contribution < 1.29 is 5.11 Å². The van der Waals surface area contributed by atoms with Crippen LogP contribution in [0.3, 0.4) is 0 Å². The molecule has 110 valence electrons. The van der Waals surface area contributed by atoms with Crippen molar-refractivity contribution in [1.82, 2.24) is 5.32 Å². The van der Waals surface area contributed by atoms with Crippen LogP contribution in [0.5, 0.6) is 0 Å². The number of aryl methyl sites for hydroxylation is 2. The number of hydrogen-bond donors (Lipinski definition) is 2. The zero-order valence-corrected chi connectivity index (χ0v) is 12.9. The summed E-state index contributed by atoms with van der Waals surface area (Å²) in [6.45, 7) is 0.571. The lowest BCUT2D eigenvalue weighted by atomic mass is 9.84. The molecule has 3 heteroatoms. The Morgan fingerprint density at radius 3 is 2.67 bits per heavy atom. The molecule has 0 radical (unpaired) electrons. The average molecular weight is 302 g/mol. The van der Waals surface area contributed by atoms with E-state index in [1.807, 2.05) is 19.2 Å². The van der Waals surface area contributed by atoms with Crippen LogP contribution in [0.25, 0.3) is 0 Å². The van der Waals surface area contributed by atoms with E-state index in [1.54, 1.807) is 0 Å². The summed E-state index contributed by atoms with van der Waals surface area (Å²) in [4.78, 5) is 0.